The maximum absolute atomic E-state index is 5.61. The summed E-state index contributed by atoms with van der Waals surface area (Å²) in [5.74, 6) is 2.92. The van der Waals surface area contributed by atoms with Crippen molar-refractivity contribution in [1.29, 1.82) is 0 Å². The quantitative estimate of drug-likeness (QED) is 0.527. The van der Waals surface area contributed by atoms with Crippen molar-refractivity contribution in [2.75, 3.05) is 31.8 Å². The molecule has 1 heterocycles. The summed E-state index contributed by atoms with van der Waals surface area (Å²) in [6.07, 6.45) is 3.49. The van der Waals surface area contributed by atoms with E-state index < -0.39 is 0 Å². The molecule has 0 aliphatic carbocycles. The van der Waals surface area contributed by atoms with Crippen molar-refractivity contribution in [3.05, 3.63) is 24.3 Å². The van der Waals surface area contributed by atoms with Crippen LogP contribution in [0.1, 0.15) is 6.42 Å². The van der Waals surface area contributed by atoms with Gasteiger partial charge in [0.15, 0.2) is 0 Å². The van der Waals surface area contributed by atoms with E-state index in [4.69, 9.17) is 14.2 Å². The van der Waals surface area contributed by atoms with Crippen molar-refractivity contribution < 1.29 is 14.2 Å². The van der Waals surface area contributed by atoms with Gasteiger partial charge < -0.3 is 14.2 Å². The van der Waals surface area contributed by atoms with Crippen LogP contribution in [-0.2, 0) is 4.74 Å². The largest absolute Gasteiger partial charge is 0.494 e. The highest BCUT2D eigenvalue weighted by Crippen LogP contribution is 2.19. The average molecular weight is 254 g/mol. The highest BCUT2D eigenvalue weighted by Gasteiger charge is 2.22. The lowest BCUT2D eigenvalue weighted by molar-refractivity contribution is 0.262. The van der Waals surface area contributed by atoms with Gasteiger partial charge >= 0.3 is 0 Å². The maximum Gasteiger partial charge on any atom is 0.119 e. The van der Waals surface area contributed by atoms with Crippen LogP contribution in [0.2, 0.25) is 0 Å². The van der Waals surface area contributed by atoms with Crippen molar-refractivity contribution >= 4 is 11.8 Å². The highest BCUT2D eigenvalue weighted by molar-refractivity contribution is 7.98. The molecule has 1 saturated heterocycles. The Balaban J connectivity index is 1.68. The molecule has 4 heteroatoms. The molecule has 1 aliphatic heterocycles. The number of ether oxygens (including phenoxy) is 3. The van der Waals surface area contributed by atoms with Gasteiger partial charge in [0.2, 0.25) is 0 Å². The lowest BCUT2D eigenvalue weighted by Gasteiger charge is -2.07. The molecule has 0 aromatic heterocycles. The summed E-state index contributed by atoms with van der Waals surface area (Å²) in [6.45, 7) is 2.25. The van der Waals surface area contributed by atoms with Gasteiger partial charge in [-0.3, -0.25) is 0 Å². The van der Waals surface area contributed by atoms with Gasteiger partial charge in [-0.2, -0.15) is 11.8 Å². The molecule has 0 N–H and O–H groups in total. The zero-order valence-corrected chi connectivity index (χ0v) is 10.9. The Morgan fingerprint density at radius 1 is 1.24 bits per heavy atom. The van der Waals surface area contributed by atoms with Crippen molar-refractivity contribution in [1.82, 2.24) is 0 Å². The van der Waals surface area contributed by atoms with Gasteiger partial charge in [-0.25, -0.2) is 0 Å². The molecule has 1 aliphatic rings. The van der Waals surface area contributed by atoms with E-state index in [0.29, 0.717) is 12.7 Å². The molecule has 3 nitrogen and oxygen atoms in total. The normalized spacial score (nSPS) is 17.8. The lowest BCUT2D eigenvalue weighted by Crippen LogP contribution is -2.04. The molecule has 1 aromatic rings. The second kappa shape index (κ2) is 6.77. The molecule has 0 radical (unpaired) electrons. The summed E-state index contributed by atoms with van der Waals surface area (Å²) in [4.78, 5) is 0. The Bertz CT molecular complexity index is 322. The topological polar surface area (TPSA) is 31.0 Å². The number of hydrogen-bond acceptors (Lipinski definition) is 4. The number of benzene rings is 1. The molecule has 0 saturated carbocycles. The van der Waals surface area contributed by atoms with E-state index in [1.54, 1.807) is 0 Å². The highest BCUT2D eigenvalue weighted by atomic mass is 32.2. The fourth-order valence-corrected chi connectivity index (χ4v) is 1.79. The Kier molecular flexibility index (Phi) is 5.01. The van der Waals surface area contributed by atoms with E-state index >= 15 is 0 Å². The third-order valence-corrected chi connectivity index (χ3v) is 3.12. The minimum absolute atomic E-state index is 0.303. The lowest BCUT2D eigenvalue weighted by atomic mass is 10.3. The van der Waals surface area contributed by atoms with Crippen molar-refractivity contribution in [3.63, 3.8) is 0 Å². The van der Waals surface area contributed by atoms with Gasteiger partial charge in [-0.1, -0.05) is 0 Å². The second-order valence-corrected chi connectivity index (χ2v) is 4.92. The summed E-state index contributed by atoms with van der Waals surface area (Å²) < 4.78 is 16.2. The van der Waals surface area contributed by atoms with Crippen LogP contribution in [0, 0.1) is 0 Å². The minimum atomic E-state index is 0.303. The number of hydrogen-bond donors (Lipinski definition) is 0. The molecule has 94 valence electrons. The fourth-order valence-electron chi connectivity index (χ4n) is 1.38. The van der Waals surface area contributed by atoms with Crippen LogP contribution in [0.5, 0.6) is 11.5 Å². The third kappa shape index (κ3) is 4.88. The van der Waals surface area contributed by atoms with Crippen LogP contribution in [0.15, 0.2) is 24.3 Å². The first kappa shape index (κ1) is 12.6. The van der Waals surface area contributed by atoms with Gasteiger partial charge in [0, 0.05) is 0 Å². The first-order valence-electron chi connectivity index (χ1n) is 5.84. The summed E-state index contributed by atoms with van der Waals surface area (Å²) in [6, 6.07) is 7.77. The first-order valence-corrected chi connectivity index (χ1v) is 7.24. The summed E-state index contributed by atoms with van der Waals surface area (Å²) in [5, 5.41) is 0. The minimum Gasteiger partial charge on any atom is -0.494 e. The summed E-state index contributed by atoms with van der Waals surface area (Å²) >= 11 is 1.84. The van der Waals surface area contributed by atoms with Crippen LogP contribution in [0.25, 0.3) is 0 Å². The van der Waals surface area contributed by atoms with Gasteiger partial charge in [0.05, 0.1) is 13.2 Å². The van der Waals surface area contributed by atoms with E-state index in [-0.39, 0.29) is 0 Å². The number of rotatable bonds is 8. The maximum atomic E-state index is 5.61. The fraction of sp³-hybridized carbons (Fsp3) is 0.538. The van der Waals surface area contributed by atoms with Gasteiger partial charge in [-0.15, -0.1) is 0 Å². The second-order valence-electron chi connectivity index (χ2n) is 3.93. The monoisotopic (exact) mass is 254 g/mol. The van der Waals surface area contributed by atoms with Crippen molar-refractivity contribution in [3.8, 4) is 11.5 Å². The molecule has 2 rings (SSSR count). The zero-order valence-electron chi connectivity index (χ0n) is 10.1. The Hall–Kier alpha value is -0.870. The van der Waals surface area contributed by atoms with E-state index in [0.717, 1.165) is 36.9 Å². The smallest absolute Gasteiger partial charge is 0.119 e. The van der Waals surface area contributed by atoms with Crippen LogP contribution >= 0.6 is 11.8 Å². The van der Waals surface area contributed by atoms with Crippen LogP contribution < -0.4 is 9.47 Å². The van der Waals surface area contributed by atoms with E-state index in [2.05, 4.69) is 6.26 Å². The predicted molar refractivity (Wildman–Crippen MR) is 70.2 cm³/mol. The average Bonchev–Trinajstić information content (AvgIpc) is 3.18. The van der Waals surface area contributed by atoms with Crippen LogP contribution in [0.4, 0.5) is 0 Å². The van der Waals surface area contributed by atoms with Crippen LogP contribution in [-0.4, -0.2) is 37.9 Å². The number of epoxide rings is 1. The Morgan fingerprint density at radius 2 is 1.88 bits per heavy atom. The SMILES string of the molecule is CSCCCOc1ccc(OCC2CO2)cc1. The third-order valence-electron chi connectivity index (χ3n) is 2.42. The molecular formula is C13H18O3S. The van der Waals surface area contributed by atoms with Gasteiger partial charge in [0.25, 0.3) is 0 Å². The van der Waals surface area contributed by atoms with Crippen molar-refractivity contribution in [2.45, 2.75) is 12.5 Å². The van der Waals surface area contributed by atoms with E-state index in [1.807, 2.05) is 36.0 Å². The molecular weight excluding hydrogens is 236 g/mol. The summed E-state index contributed by atoms with van der Waals surface area (Å²) in [5.41, 5.74) is 0. The molecule has 1 aromatic carbocycles. The molecule has 1 atom stereocenters. The molecule has 0 spiro atoms. The molecule has 0 amide bonds. The molecule has 1 fully saturated rings. The van der Waals surface area contributed by atoms with Gasteiger partial charge in [0.1, 0.15) is 24.2 Å². The van der Waals surface area contributed by atoms with Crippen LogP contribution in [0.3, 0.4) is 0 Å². The standard InChI is InChI=1S/C13H18O3S/c1-17-8-2-7-14-11-3-5-12(6-4-11)15-9-13-10-16-13/h3-6,13H,2,7-10H2,1H3. The van der Waals surface area contributed by atoms with E-state index in [1.165, 1.54) is 0 Å². The first-order chi connectivity index (χ1) is 8.38. The Morgan fingerprint density at radius 3 is 2.47 bits per heavy atom. The predicted octanol–water partition coefficient (Wildman–Crippen LogP) is 2.60. The van der Waals surface area contributed by atoms with E-state index in [9.17, 15) is 0 Å². The number of thioether (sulfide) groups is 1. The van der Waals surface area contributed by atoms with Gasteiger partial charge in [-0.05, 0) is 42.7 Å². The summed E-state index contributed by atoms with van der Waals surface area (Å²) in [7, 11) is 0. The molecule has 1 unspecified atom stereocenters. The Labute approximate surface area is 106 Å². The molecule has 17 heavy (non-hydrogen) atoms. The zero-order chi connectivity index (χ0) is 11.9. The van der Waals surface area contributed by atoms with Crippen molar-refractivity contribution in [2.24, 2.45) is 0 Å². The molecule has 0 bridgehead atoms.